The number of carbonyl (C=O) groups excluding carboxylic acids is 1. The van der Waals surface area contributed by atoms with Crippen LogP contribution in [-0.2, 0) is 9.63 Å². The van der Waals surface area contributed by atoms with Gasteiger partial charge in [0.25, 0.3) is 5.91 Å². The minimum Gasteiger partial charge on any atom is -0.320 e. The van der Waals surface area contributed by atoms with E-state index in [0.717, 1.165) is 13.0 Å². The number of amides is 1. The Morgan fingerprint density at radius 3 is 3.07 bits per heavy atom. The van der Waals surface area contributed by atoms with Gasteiger partial charge in [-0.25, -0.2) is 5.06 Å². The van der Waals surface area contributed by atoms with Crippen LogP contribution in [0, 0.1) is 0 Å². The fourth-order valence-electron chi connectivity index (χ4n) is 1.33. The smallest absolute Gasteiger partial charge is 0.262 e. The molecule has 1 unspecified atom stereocenters. The Bertz CT molecular complexity index is 197. The van der Waals surface area contributed by atoms with E-state index in [0.29, 0.717) is 11.7 Å². The molecule has 1 rings (SSSR count). The maximum atomic E-state index is 11.5. The van der Waals surface area contributed by atoms with Gasteiger partial charge in [0.2, 0.25) is 0 Å². The zero-order valence-electron chi connectivity index (χ0n) is 8.53. The van der Waals surface area contributed by atoms with Gasteiger partial charge >= 0.3 is 0 Å². The molecular formula is C8H17N3O2S. The highest BCUT2D eigenvalue weighted by atomic mass is 32.2. The second-order valence-electron chi connectivity index (χ2n) is 3.28. The largest absolute Gasteiger partial charge is 0.320 e. The van der Waals surface area contributed by atoms with E-state index in [-0.39, 0.29) is 5.91 Å². The van der Waals surface area contributed by atoms with Crippen molar-refractivity contribution in [1.82, 2.24) is 9.79 Å². The van der Waals surface area contributed by atoms with Gasteiger partial charge in [0.1, 0.15) is 0 Å². The second-order valence-corrected chi connectivity index (χ2v) is 4.47. The SMILES string of the molecule is CON(C)C(=O)[C@@H](N)CC1CCNS1. The van der Waals surface area contributed by atoms with E-state index in [4.69, 9.17) is 10.6 Å². The summed E-state index contributed by atoms with van der Waals surface area (Å²) in [4.78, 5) is 16.3. The first-order valence-electron chi connectivity index (χ1n) is 4.61. The normalized spacial score (nSPS) is 23.5. The second kappa shape index (κ2) is 5.55. The lowest BCUT2D eigenvalue weighted by Gasteiger charge is -2.20. The number of nitrogens with zero attached hydrogens (tertiary/aromatic N) is 1. The van der Waals surface area contributed by atoms with E-state index in [1.165, 1.54) is 12.2 Å². The molecule has 1 saturated heterocycles. The minimum atomic E-state index is -0.461. The van der Waals surface area contributed by atoms with Crippen molar-refractivity contribution in [2.24, 2.45) is 5.73 Å². The van der Waals surface area contributed by atoms with Gasteiger partial charge < -0.3 is 5.73 Å². The quantitative estimate of drug-likeness (QED) is 0.503. The summed E-state index contributed by atoms with van der Waals surface area (Å²) in [5.41, 5.74) is 5.76. The van der Waals surface area contributed by atoms with Crippen LogP contribution in [0.25, 0.3) is 0 Å². The Morgan fingerprint density at radius 1 is 1.86 bits per heavy atom. The molecule has 3 N–H and O–H groups in total. The molecule has 0 aromatic carbocycles. The van der Waals surface area contributed by atoms with E-state index in [1.807, 2.05) is 0 Å². The Labute approximate surface area is 88.4 Å². The summed E-state index contributed by atoms with van der Waals surface area (Å²) < 4.78 is 3.16. The van der Waals surface area contributed by atoms with Crippen LogP contribution in [0.1, 0.15) is 12.8 Å². The van der Waals surface area contributed by atoms with Gasteiger partial charge in [0.05, 0.1) is 13.2 Å². The van der Waals surface area contributed by atoms with Gasteiger partial charge in [-0.2, -0.15) is 0 Å². The van der Waals surface area contributed by atoms with Gasteiger partial charge in [0, 0.05) is 18.8 Å². The highest BCUT2D eigenvalue weighted by Crippen LogP contribution is 2.21. The number of hydrogen-bond acceptors (Lipinski definition) is 5. The molecular weight excluding hydrogens is 202 g/mol. The first kappa shape index (κ1) is 11.8. The fraction of sp³-hybridized carbons (Fsp3) is 0.875. The Morgan fingerprint density at radius 2 is 2.57 bits per heavy atom. The topological polar surface area (TPSA) is 67.6 Å². The number of hydroxylamine groups is 2. The summed E-state index contributed by atoms with van der Waals surface area (Å²) in [5, 5.41) is 1.62. The van der Waals surface area contributed by atoms with Crippen molar-refractivity contribution in [2.45, 2.75) is 24.1 Å². The Kier molecular flexibility index (Phi) is 4.67. The highest BCUT2D eigenvalue weighted by Gasteiger charge is 2.24. The minimum absolute atomic E-state index is 0.167. The lowest BCUT2D eigenvalue weighted by molar-refractivity contribution is -0.170. The molecule has 1 amide bonds. The van der Waals surface area contributed by atoms with E-state index in [2.05, 4.69) is 4.72 Å². The van der Waals surface area contributed by atoms with Crippen molar-refractivity contribution in [2.75, 3.05) is 20.7 Å². The van der Waals surface area contributed by atoms with Crippen molar-refractivity contribution in [1.29, 1.82) is 0 Å². The number of likely N-dealkylation sites (N-methyl/N-ethyl adjacent to an activating group) is 1. The summed E-state index contributed by atoms with van der Waals surface area (Å²) in [7, 11) is 3.03. The average Bonchev–Trinajstić information content (AvgIpc) is 2.68. The third-order valence-corrected chi connectivity index (χ3v) is 3.37. The molecule has 0 aromatic rings. The third-order valence-electron chi connectivity index (χ3n) is 2.24. The van der Waals surface area contributed by atoms with Gasteiger partial charge in [-0.15, -0.1) is 0 Å². The molecule has 1 heterocycles. The molecule has 0 radical (unpaired) electrons. The van der Waals surface area contributed by atoms with Crippen LogP contribution in [0.15, 0.2) is 0 Å². The molecule has 0 bridgehead atoms. The van der Waals surface area contributed by atoms with E-state index < -0.39 is 6.04 Å². The lowest BCUT2D eigenvalue weighted by Crippen LogP contribution is -2.42. The van der Waals surface area contributed by atoms with E-state index >= 15 is 0 Å². The molecule has 1 aliphatic rings. The summed E-state index contributed by atoms with van der Waals surface area (Å²) in [6.45, 7) is 0.996. The van der Waals surface area contributed by atoms with Crippen LogP contribution in [0.2, 0.25) is 0 Å². The van der Waals surface area contributed by atoms with Crippen LogP contribution in [-0.4, -0.2) is 43.0 Å². The Hall–Kier alpha value is -0.300. The number of nitrogens with one attached hydrogen (secondary N) is 1. The molecule has 0 spiro atoms. The molecule has 2 atom stereocenters. The molecule has 14 heavy (non-hydrogen) atoms. The zero-order valence-corrected chi connectivity index (χ0v) is 9.34. The predicted molar refractivity (Wildman–Crippen MR) is 56.4 cm³/mol. The fourth-order valence-corrected chi connectivity index (χ4v) is 2.34. The first-order valence-corrected chi connectivity index (χ1v) is 5.49. The lowest BCUT2D eigenvalue weighted by atomic mass is 10.1. The number of nitrogens with two attached hydrogens (primary N) is 1. The monoisotopic (exact) mass is 219 g/mol. The van der Waals surface area contributed by atoms with Crippen molar-refractivity contribution in [3.05, 3.63) is 0 Å². The van der Waals surface area contributed by atoms with Crippen LogP contribution < -0.4 is 10.5 Å². The molecule has 0 aromatic heterocycles. The van der Waals surface area contributed by atoms with Crippen LogP contribution >= 0.6 is 11.9 Å². The summed E-state index contributed by atoms with van der Waals surface area (Å²) >= 11 is 1.67. The van der Waals surface area contributed by atoms with E-state index in [9.17, 15) is 4.79 Å². The maximum absolute atomic E-state index is 11.5. The number of carbonyl (C=O) groups is 1. The van der Waals surface area contributed by atoms with Crippen molar-refractivity contribution in [3.8, 4) is 0 Å². The number of hydrogen-bond donors (Lipinski definition) is 2. The molecule has 5 nitrogen and oxygen atoms in total. The van der Waals surface area contributed by atoms with Crippen molar-refractivity contribution in [3.63, 3.8) is 0 Å². The van der Waals surface area contributed by atoms with Crippen LogP contribution in [0.4, 0.5) is 0 Å². The van der Waals surface area contributed by atoms with Crippen LogP contribution in [0.3, 0.4) is 0 Å². The van der Waals surface area contributed by atoms with Gasteiger partial charge in [-0.3, -0.25) is 14.4 Å². The summed E-state index contributed by atoms with van der Waals surface area (Å²) in [6, 6.07) is -0.461. The molecule has 82 valence electrons. The average molecular weight is 219 g/mol. The zero-order chi connectivity index (χ0) is 10.6. The van der Waals surface area contributed by atoms with Gasteiger partial charge in [-0.05, 0) is 12.8 Å². The molecule has 0 aliphatic carbocycles. The first-order chi connectivity index (χ1) is 6.65. The van der Waals surface area contributed by atoms with Gasteiger partial charge in [-0.1, -0.05) is 11.9 Å². The summed E-state index contributed by atoms with van der Waals surface area (Å²) in [6.07, 6.45) is 1.77. The standard InChI is InChI=1S/C8H17N3O2S/c1-11(13-2)8(12)7(9)5-6-3-4-10-14-6/h6-7,10H,3-5,9H2,1-2H3/t6?,7-/m0/s1. The highest BCUT2D eigenvalue weighted by molar-refractivity contribution is 7.98. The maximum Gasteiger partial charge on any atom is 0.262 e. The third kappa shape index (κ3) is 3.13. The van der Waals surface area contributed by atoms with E-state index in [1.54, 1.807) is 19.0 Å². The van der Waals surface area contributed by atoms with Gasteiger partial charge in [0.15, 0.2) is 0 Å². The van der Waals surface area contributed by atoms with Crippen LogP contribution in [0.5, 0.6) is 0 Å². The predicted octanol–water partition coefficient (Wildman–Crippen LogP) is -0.266. The molecule has 1 fully saturated rings. The Balaban J connectivity index is 2.32. The number of rotatable bonds is 4. The summed E-state index contributed by atoms with van der Waals surface area (Å²) in [5.74, 6) is -0.167. The molecule has 0 saturated carbocycles. The van der Waals surface area contributed by atoms with Crippen molar-refractivity contribution >= 4 is 17.9 Å². The molecule has 6 heteroatoms. The molecule has 1 aliphatic heterocycles. The van der Waals surface area contributed by atoms with Crippen molar-refractivity contribution < 1.29 is 9.63 Å².